The number of ether oxygens (including phenoxy) is 1. The summed E-state index contributed by atoms with van der Waals surface area (Å²) in [5.41, 5.74) is 0.277. The maximum Gasteiger partial charge on any atom is 0.254 e. The molecule has 5 nitrogen and oxygen atoms in total. The Morgan fingerprint density at radius 2 is 2.50 bits per heavy atom. The van der Waals surface area contributed by atoms with Crippen LogP contribution in [-0.2, 0) is 4.74 Å². The third kappa shape index (κ3) is 3.44. The maximum absolute atomic E-state index is 11.7. The first-order valence-corrected chi connectivity index (χ1v) is 5.07. The van der Waals surface area contributed by atoms with Gasteiger partial charge in [-0.25, -0.2) is 0 Å². The smallest absolute Gasteiger partial charge is 0.254 e. The van der Waals surface area contributed by atoms with E-state index in [9.17, 15) is 4.79 Å². The highest BCUT2D eigenvalue weighted by atomic mass is 35.5. The van der Waals surface area contributed by atoms with Crippen molar-refractivity contribution < 1.29 is 14.6 Å². The van der Waals surface area contributed by atoms with Gasteiger partial charge in [0.1, 0.15) is 0 Å². The second-order valence-corrected chi connectivity index (χ2v) is 3.57. The number of methoxy groups -OCH3 is 1. The molecule has 0 aromatic carbocycles. The first-order chi connectivity index (χ1) is 7.69. The second-order valence-electron chi connectivity index (χ2n) is 3.16. The van der Waals surface area contributed by atoms with Gasteiger partial charge in [-0.2, -0.15) is 0 Å². The summed E-state index contributed by atoms with van der Waals surface area (Å²) in [5, 5.41) is 11.9. The minimum atomic E-state index is -0.450. The molecular weight excluding hydrogens is 232 g/mol. The highest BCUT2D eigenvalue weighted by Gasteiger charge is 2.15. The van der Waals surface area contributed by atoms with Gasteiger partial charge in [-0.1, -0.05) is 11.6 Å². The van der Waals surface area contributed by atoms with Crippen LogP contribution < -0.4 is 5.32 Å². The maximum atomic E-state index is 11.7. The van der Waals surface area contributed by atoms with E-state index in [0.29, 0.717) is 5.02 Å². The third-order valence-corrected chi connectivity index (χ3v) is 2.27. The monoisotopic (exact) mass is 244 g/mol. The Labute approximate surface area is 98.4 Å². The highest BCUT2D eigenvalue weighted by molar-refractivity contribution is 6.33. The lowest BCUT2D eigenvalue weighted by atomic mass is 10.2. The van der Waals surface area contributed by atoms with Gasteiger partial charge in [-0.05, 0) is 6.07 Å². The zero-order valence-corrected chi connectivity index (χ0v) is 9.57. The summed E-state index contributed by atoms with van der Waals surface area (Å²) in [5.74, 6) is -0.380. The van der Waals surface area contributed by atoms with Gasteiger partial charge < -0.3 is 15.2 Å². The Bertz CT molecular complexity index is 360. The van der Waals surface area contributed by atoms with Gasteiger partial charge in [0.2, 0.25) is 0 Å². The van der Waals surface area contributed by atoms with E-state index in [1.54, 1.807) is 0 Å². The fourth-order valence-electron chi connectivity index (χ4n) is 1.15. The molecular formula is C10H13ClN2O3. The Balaban J connectivity index is 2.68. The molecule has 0 saturated carbocycles. The number of nitrogens with zero attached hydrogens (tertiary/aromatic N) is 1. The zero-order valence-electron chi connectivity index (χ0n) is 8.81. The summed E-state index contributed by atoms with van der Waals surface area (Å²) in [6.07, 6.45) is 2.87. The molecule has 0 radical (unpaired) electrons. The van der Waals surface area contributed by atoms with Crippen LogP contribution in [0.15, 0.2) is 18.5 Å². The average Bonchev–Trinajstić information content (AvgIpc) is 2.28. The molecule has 16 heavy (non-hydrogen) atoms. The van der Waals surface area contributed by atoms with E-state index in [0.717, 1.165) is 0 Å². The molecule has 88 valence electrons. The molecule has 0 aliphatic carbocycles. The Morgan fingerprint density at radius 3 is 3.06 bits per heavy atom. The Hall–Kier alpha value is -1.17. The summed E-state index contributed by atoms with van der Waals surface area (Å²) in [6, 6.07) is 1.08. The summed E-state index contributed by atoms with van der Waals surface area (Å²) in [7, 11) is 1.49. The molecule has 0 saturated heterocycles. The number of pyridine rings is 1. The third-order valence-electron chi connectivity index (χ3n) is 1.94. The van der Waals surface area contributed by atoms with Gasteiger partial charge in [0.15, 0.2) is 0 Å². The molecule has 2 N–H and O–H groups in total. The molecule has 0 aliphatic heterocycles. The van der Waals surface area contributed by atoms with Gasteiger partial charge in [0.05, 0.1) is 29.8 Å². The standard InChI is InChI=1S/C10H13ClN2O3/c1-16-6-7(5-14)13-10(15)8-4-12-3-2-9(8)11/h2-4,7,14H,5-6H2,1H3,(H,13,15). The number of hydrogen-bond donors (Lipinski definition) is 2. The summed E-state index contributed by atoms with van der Waals surface area (Å²) >= 11 is 5.83. The number of nitrogens with one attached hydrogen (secondary N) is 1. The minimum absolute atomic E-state index is 0.197. The summed E-state index contributed by atoms with van der Waals surface area (Å²) in [6.45, 7) is 0.0393. The summed E-state index contributed by atoms with van der Waals surface area (Å²) < 4.78 is 4.84. The molecule has 1 unspecified atom stereocenters. The van der Waals surface area contributed by atoms with Crippen LogP contribution in [0.4, 0.5) is 0 Å². The molecule has 1 rings (SSSR count). The average molecular weight is 245 g/mol. The van der Waals surface area contributed by atoms with Crippen LogP contribution in [0.25, 0.3) is 0 Å². The first-order valence-electron chi connectivity index (χ1n) is 4.69. The molecule has 6 heteroatoms. The van der Waals surface area contributed by atoms with Crippen molar-refractivity contribution in [2.45, 2.75) is 6.04 Å². The molecule has 1 aromatic heterocycles. The van der Waals surface area contributed by atoms with Crippen molar-refractivity contribution in [1.29, 1.82) is 0 Å². The van der Waals surface area contributed by atoms with Crippen LogP contribution in [0.1, 0.15) is 10.4 Å². The van der Waals surface area contributed by atoms with Gasteiger partial charge in [0, 0.05) is 19.5 Å². The molecule has 0 fully saturated rings. The zero-order chi connectivity index (χ0) is 12.0. The van der Waals surface area contributed by atoms with Crippen LogP contribution in [-0.4, -0.2) is 42.4 Å². The summed E-state index contributed by atoms with van der Waals surface area (Å²) in [4.78, 5) is 15.5. The number of carbonyl (C=O) groups excluding carboxylic acids is 1. The van der Waals surface area contributed by atoms with Crippen molar-refractivity contribution in [3.63, 3.8) is 0 Å². The van der Waals surface area contributed by atoms with E-state index in [2.05, 4.69) is 10.3 Å². The van der Waals surface area contributed by atoms with Crippen molar-refractivity contribution in [3.8, 4) is 0 Å². The van der Waals surface area contributed by atoms with E-state index in [1.807, 2.05) is 0 Å². The van der Waals surface area contributed by atoms with Gasteiger partial charge in [-0.3, -0.25) is 9.78 Å². The molecule has 0 bridgehead atoms. The largest absolute Gasteiger partial charge is 0.394 e. The van der Waals surface area contributed by atoms with Crippen molar-refractivity contribution in [2.24, 2.45) is 0 Å². The fourth-order valence-corrected chi connectivity index (χ4v) is 1.34. The number of aliphatic hydroxyl groups is 1. The van der Waals surface area contributed by atoms with Crippen LogP contribution in [0.2, 0.25) is 5.02 Å². The number of aliphatic hydroxyl groups excluding tert-OH is 1. The van der Waals surface area contributed by atoms with Crippen LogP contribution in [0, 0.1) is 0 Å². The van der Waals surface area contributed by atoms with Crippen molar-refractivity contribution in [3.05, 3.63) is 29.0 Å². The number of hydrogen-bond acceptors (Lipinski definition) is 4. The van der Waals surface area contributed by atoms with Gasteiger partial charge in [0.25, 0.3) is 5.91 Å². The number of amides is 1. The predicted molar refractivity (Wildman–Crippen MR) is 59.5 cm³/mol. The minimum Gasteiger partial charge on any atom is -0.394 e. The first kappa shape index (κ1) is 12.9. The predicted octanol–water partition coefficient (Wildman–Crippen LogP) is 0.472. The normalized spacial score (nSPS) is 12.2. The van der Waals surface area contributed by atoms with Gasteiger partial charge in [-0.15, -0.1) is 0 Å². The molecule has 1 atom stereocenters. The number of aromatic nitrogens is 1. The fraction of sp³-hybridized carbons (Fsp3) is 0.400. The molecule has 1 amide bonds. The Kier molecular flexibility index (Phi) is 5.18. The lowest BCUT2D eigenvalue weighted by Crippen LogP contribution is -2.40. The van der Waals surface area contributed by atoms with Crippen LogP contribution in [0.5, 0.6) is 0 Å². The van der Waals surface area contributed by atoms with Crippen LogP contribution in [0.3, 0.4) is 0 Å². The molecule has 0 spiro atoms. The van der Waals surface area contributed by atoms with E-state index >= 15 is 0 Å². The van der Waals surface area contributed by atoms with Crippen LogP contribution >= 0.6 is 11.6 Å². The van der Waals surface area contributed by atoms with E-state index in [4.69, 9.17) is 21.4 Å². The lowest BCUT2D eigenvalue weighted by molar-refractivity contribution is 0.0839. The van der Waals surface area contributed by atoms with E-state index < -0.39 is 6.04 Å². The highest BCUT2D eigenvalue weighted by Crippen LogP contribution is 2.13. The molecule has 0 aliphatic rings. The lowest BCUT2D eigenvalue weighted by Gasteiger charge is -2.15. The SMILES string of the molecule is COCC(CO)NC(=O)c1cnccc1Cl. The van der Waals surface area contributed by atoms with Crippen molar-refractivity contribution >= 4 is 17.5 Å². The quantitative estimate of drug-likeness (QED) is 0.790. The Morgan fingerprint density at radius 1 is 1.75 bits per heavy atom. The van der Waals surface area contributed by atoms with E-state index in [1.165, 1.54) is 25.6 Å². The molecule has 1 aromatic rings. The van der Waals surface area contributed by atoms with Gasteiger partial charge >= 0.3 is 0 Å². The van der Waals surface area contributed by atoms with Crippen molar-refractivity contribution in [2.75, 3.05) is 20.3 Å². The van der Waals surface area contributed by atoms with E-state index in [-0.39, 0.29) is 24.7 Å². The molecule has 1 heterocycles. The number of carbonyl (C=O) groups is 1. The number of rotatable bonds is 5. The van der Waals surface area contributed by atoms with Crippen molar-refractivity contribution in [1.82, 2.24) is 10.3 Å². The topological polar surface area (TPSA) is 71.5 Å². The second kappa shape index (κ2) is 6.42. The number of halogens is 1.